The molecule has 0 spiro atoms. The number of methoxy groups -OCH3 is 1. The maximum atomic E-state index is 11.2. The molecule has 0 saturated heterocycles. The number of aromatic nitrogens is 2. The van der Waals surface area contributed by atoms with Crippen molar-refractivity contribution in [2.75, 3.05) is 17.7 Å². The summed E-state index contributed by atoms with van der Waals surface area (Å²) in [5, 5.41) is 10.2. The number of anilines is 2. The molecule has 0 saturated carbocycles. The highest BCUT2D eigenvalue weighted by molar-refractivity contribution is 5.85. The number of hydrogen-bond acceptors (Lipinski definition) is 4. The SMILES string of the molecule is COC(=O)Nc1cccc(NCc2cnn(C(C)C)c2)c1. The lowest BCUT2D eigenvalue weighted by Gasteiger charge is -2.08. The van der Waals surface area contributed by atoms with Crippen LogP contribution in [0.15, 0.2) is 36.7 Å². The van der Waals surface area contributed by atoms with Crippen molar-refractivity contribution in [2.24, 2.45) is 0 Å². The van der Waals surface area contributed by atoms with E-state index in [0.717, 1.165) is 11.3 Å². The Morgan fingerprint density at radius 2 is 2.14 bits per heavy atom. The first kappa shape index (κ1) is 14.9. The standard InChI is InChI=1S/C15H20N4O2/c1-11(2)19-10-12(9-17-19)8-16-13-5-4-6-14(7-13)18-15(20)21-3/h4-7,9-11,16H,8H2,1-3H3,(H,18,20). The summed E-state index contributed by atoms with van der Waals surface area (Å²) in [6, 6.07) is 7.81. The van der Waals surface area contributed by atoms with Gasteiger partial charge in [-0.05, 0) is 32.0 Å². The van der Waals surface area contributed by atoms with E-state index in [-0.39, 0.29) is 0 Å². The van der Waals surface area contributed by atoms with Crippen molar-refractivity contribution in [1.82, 2.24) is 9.78 Å². The summed E-state index contributed by atoms with van der Waals surface area (Å²) in [7, 11) is 1.34. The quantitative estimate of drug-likeness (QED) is 0.886. The summed E-state index contributed by atoms with van der Waals surface area (Å²) in [6.07, 6.45) is 3.39. The molecule has 0 unspecified atom stereocenters. The summed E-state index contributed by atoms with van der Waals surface area (Å²) < 4.78 is 6.49. The fraction of sp³-hybridized carbons (Fsp3) is 0.333. The second-order valence-corrected chi connectivity index (χ2v) is 4.97. The van der Waals surface area contributed by atoms with Gasteiger partial charge in [-0.1, -0.05) is 6.07 Å². The third-order valence-corrected chi connectivity index (χ3v) is 2.98. The molecule has 1 heterocycles. The molecule has 2 rings (SSSR count). The van der Waals surface area contributed by atoms with Crippen molar-refractivity contribution < 1.29 is 9.53 Å². The van der Waals surface area contributed by atoms with E-state index in [1.807, 2.05) is 35.3 Å². The van der Waals surface area contributed by atoms with Crippen LogP contribution in [0.5, 0.6) is 0 Å². The molecule has 1 aromatic carbocycles. The molecule has 112 valence electrons. The van der Waals surface area contributed by atoms with E-state index in [1.165, 1.54) is 7.11 Å². The van der Waals surface area contributed by atoms with Gasteiger partial charge in [-0.15, -0.1) is 0 Å². The zero-order valence-corrected chi connectivity index (χ0v) is 12.5. The van der Waals surface area contributed by atoms with Gasteiger partial charge in [0.1, 0.15) is 0 Å². The minimum absolute atomic E-state index is 0.353. The van der Waals surface area contributed by atoms with Crippen LogP contribution in [0.3, 0.4) is 0 Å². The van der Waals surface area contributed by atoms with Crippen LogP contribution in [0, 0.1) is 0 Å². The molecule has 0 bridgehead atoms. The fourth-order valence-electron chi connectivity index (χ4n) is 1.83. The van der Waals surface area contributed by atoms with Crippen molar-refractivity contribution in [3.63, 3.8) is 0 Å². The molecule has 2 aromatic rings. The third kappa shape index (κ3) is 4.24. The lowest BCUT2D eigenvalue weighted by molar-refractivity contribution is 0.187. The number of carbonyl (C=O) groups is 1. The highest BCUT2D eigenvalue weighted by Gasteiger charge is 2.03. The van der Waals surface area contributed by atoms with E-state index < -0.39 is 6.09 Å². The minimum atomic E-state index is -0.481. The lowest BCUT2D eigenvalue weighted by Crippen LogP contribution is -2.11. The second-order valence-electron chi connectivity index (χ2n) is 4.97. The number of hydrogen-bond donors (Lipinski definition) is 2. The Morgan fingerprint density at radius 3 is 2.81 bits per heavy atom. The summed E-state index contributed by atoms with van der Waals surface area (Å²) in [4.78, 5) is 11.2. The number of nitrogens with zero attached hydrogens (tertiary/aromatic N) is 2. The van der Waals surface area contributed by atoms with Gasteiger partial charge in [-0.2, -0.15) is 5.10 Å². The van der Waals surface area contributed by atoms with Crippen molar-refractivity contribution in [3.8, 4) is 0 Å². The van der Waals surface area contributed by atoms with Gasteiger partial charge in [0, 0.05) is 35.7 Å². The topological polar surface area (TPSA) is 68.2 Å². The van der Waals surface area contributed by atoms with Gasteiger partial charge in [0.15, 0.2) is 0 Å². The number of amides is 1. The highest BCUT2D eigenvalue weighted by Crippen LogP contribution is 2.16. The Bertz CT molecular complexity index is 607. The first-order chi connectivity index (χ1) is 10.1. The van der Waals surface area contributed by atoms with Gasteiger partial charge < -0.3 is 10.1 Å². The zero-order valence-electron chi connectivity index (χ0n) is 12.5. The van der Waals surface area contributed by atoms with E-state index in [1.54, 1.807) is 6.07 Å². The van der Waals surface area contributed by atoms with Crippen LogP contribution in [0.1, 0.15) is 25.5 Å². The van der Waals surface area contributed by atoms with Crippen LogP contribution in [0.25, 0.3) is 0 Å². The molecular weight excluding hydrogens is 268 g/mol. The van der Waals surface area contributed by atoms with Crippen molar-refractivity contribution >= 4 is 17.5 Å². The molecule has 21 heavy (non-hydrogen) atoms. The maximum Gasteiger partial charge on any atom is 0.411 e. The first-order valence-corrected chi connectivity index (χ1v) is 6.80. The monoisotopic (exact) mass is 288 g/mol. The Kier molecular flexibility index (Phi) is 4.81. The van der Waals surface area contributed by atoms with Gasteiger partial charge in [0.25, 0.3) is 0 Å². The first-order valence-electron chi connectivity index (χ1n) is 6.80. The molecule has 1 aromatic heterocycles. The number of ether oxygens (including phenoxy) is 1. The average Bonchev–Trinajstić information content (AvgIpc) is 2.94. The molecule has 1 amide bonds. The molecule has 0 aliphatic rings. The Labute approximate surface area is 124 Å². The molecule has 0 radical (unpaired) electrons. The highest BCUT2D eigenvalue weighted by atomic mass is 16.5. The lowest BCUT2D eigenvalue weighted by atomic mass is 10.2. The molecule has 0 atom stereocenters. The summed E-state index contributed by atoms with van der Waals surface area (Å²) in [5.74, 6) is 0. The number of rotatable bonds is 5. The zero-order chi connectivity index (χ0) is 15.2. The Hall–Kier alpha value is -2.50. The van der Waals surface area contributed by atoms with Crippen molar-refractivity contribution in [3.05, 3.63) is 42.2 Å². The minimum Gasteiger partial charge on any atom is -0.453 e. The third-order valence-electron chi connectivity index (χ3n) is 2.98. The number of benzene rings is 1. The molecular formula is C15H20N4O2. The largest absolute Gasteiger partial charge is 0.453 e. The second kappa shape index (κ2) is 6.78. The summed E-state index contributed by atoms with van der Waals surface area (Å²) in [5.41, 5.74) is 2.71. The van der Waals surface area contributed by atoms with Gasteiger partial charge in [0.2, 0.25) is 0 Å². The van der Waals surface area contributed by atoms with Gasteiger partial charge in [-0.3, -0.25) is 10.00 Å². The molecule has 0 aliphatic heterocycles. The van der Waals surface area contributed by atoms with Crippen LogP contribution in [0.2, 0.25) is 0 Å². The Balaban J connectivity index is 1.96. The average molecular weight is 288 g/mol. The Morgan fingerprint density at radius 1 is 1.38 bits per heavy atom. The fourth-order valence-corrected chi connectivity index (χ4v) is 1.83. The van der Waals surface area contributed by atoms with Crippen LogP contribution in [0.4, 0.5) is 16.2 Å². The van der Waals surface area contributed by atoms with Gasteiger partial charge >= 0.3 is 6.09 Å². The van der Waals surface area contributed by atoms with Crippen LogP contribution < -0.4 is 10.6 Å². The summed E-state index contributed by atoms with van der Waals surface area (Å²) in [6.45, 7) is 4.85. The predicted octanol–water partition coefficient (Wildman–Crippen LogP) is 3.25. The van der Waals surface area contributed by atoms with Crippen molar-refractivity contribution in [1.29, 1.82) is 0 Å². The molecule has 6 heteroatoms. The molecule has 0 fully saturated rings. The smallest absolute Gasteiger partial charge is 0.411 e. The summed E-state index contributed by atoms with van der Waals surface area (Å²) >= 11 is 0. The van der Waals surface area contributed by atoms with E-state index in [4.69, 9.17) is 0 Å². The normalized spacial score (nSPS) is 10.5. The van der Waals surface area contributed by atoms with Gasteiger partial charge in [0.05, 0.1) is 13.3 Å². The van der Waals surface area contributed by atoms with E-state index >= 15 is 0 Å². The van der Waals surface area contributed by atoms with Gasteiger partial charge in [-0.25, -0.2) is 4.79 Å². The maximum absolute atomic E-state index is 11.2. The number of carbonyl (C=O) groups excluding carboxylic acids is 1. The molecule has 2 N–H and O–H groups in total. The number of nitrogens with one attached hydrogen (secondary N) is 2. The molecule has 0 aliphatic carbocycles. The van der Waals surface area contributed by atoms with Crippen LogP contribution >= 0.6 is 0 Å². The molecule has 6 nitrogen and oxygen atoms in total. The van der Waals surface area contributed by atoms with Crippen molar-refractivity contribution in [2.45, 2.75) is 26.4 Å². The van der Waals surface area contributed by atoms with E-state index in [9.17, 15) is 4.79 Å². The predicted molar refractivity (Wildman–Crippen MR) is 82.4 cm³/mol. The van der Waals surface area contributed by atoms with E-state index in [2.05, 4.69) is 34.3 Å². The van der Waals surface area contributed by atoms with Crippen LogP contribution in [-0.4, -0.2) is 23.0 Å². The van der Waals surface area contributed by atoms with Crippen LogP contribution in [-0.2, 0) is 11.3 Å². The van der Waals surface area contributed by atoms with E-state index in [0.29, 0.717) is 18.3 Å².